The van der Waals surface area contributed by atoms with Crippen LogP contribution in [0.25, 0.3) is 16.7 Å². The molecule has 126 valence electrons. The van der Waals surface area contributed by atoms with E-state index in [-0.39, 0.29) is 17.2 Å². The van der Waals surface area contributed by atoms with Gasteiger partial charge in [-0.1, -0.05) is 23.8 Å². The van der Waals surface area contributed by atoms with Crippen LogP contribution in [0.5, 0.6) is 0 Å². The molecule has 2 aromatic carbocycles. The molecule has 0 saturated carbocycles. The topological polar surface area (TPSA) is 56.3 Å². The van der Waals surface area contributed by atoms with E-state index in [0.717, 1.165) is 40.3 Å². The highest BCUT2D eigenvalue weighted by Crippen LogP contribution is 2.35. The smallest absolute Gasteiger partial charge is 0.255 e. The van der Waals surface area contributed by atoms with Gasteiger partial charge in [-0.3, -0.25) is 9.69 Å². The van der Waals surface area contributed by atoms with E-state index in [1.807, 2.05) is 19.1 Å². The van der Waals surface area contributed by atoms with Gasteiger partial charge in [0.2, 0.25) is 0 Å². The van der Waals surface area contributed by atoms with Gasteiger partial charge in [-0.25, -0.2) is 4.39 Å². The number of fused-ring (bicyclic) bond motifs is 3. The van der Waals surface area contributed by atoms with Crippen molar-refractivity contribution in [3.8, 4) is 0 Å². The highest BCUT2D eigenvalue weighted by atomic mass is 19.1. The number of aliphatic hydroxyl groups is 1. The molecule has 0 aliphatic carbocycles. The molecule has 1 aliphatic rings. The van der Waals surface area contributed by atoms with Gasteiger partial charge in [0.15, 0.2) is 0 Å². The second kappa shape index (κ2) is 5.77. The Morgan fingerprint density at radius 2 is 2.08 bits per heavy atom. The summed E-state index contributed by atoms with van der Waals surface area (Å²) in [6.07, 6.45) is 1.82. The molecule has 2 N–H and O–H groups in total. The maximum atomic E-state index is 13.8. The Balaban J connectivity index is 1.68. The fourth-order valence-electron chi connectivity index (χ4n) is 3.33. The minimum Gasteiger partial charge on any atom is -0.507 e. The third-order valence-electron chi connectivity index (χ3n) is 4.57. The largest absolute Gasteiger partial charge is 0.507 e. The van der Waals surface area contributed by atoms with Crippen molar-refractivity contribution in [3.63, 3.8) is 0 Å². The summed E-state index contributed by atoms with van der Waals surface area (Å²) in [4.78, 5) is 17.5. The summed E-state index contributed by atoms with van der Waals surface area (Å²) in [6.45, 7) is 2.57. The Kier molecular flexibility index (Phi) is 3.57. The van der Waals surface area contributed by atoms with Gasteiger partial charge in [0.25, 0.3) is 5.91 Å². The molecule has 4 nitrogen and oxygen atoms in total. The normalized spacial score (nSPS) is 14.2. The number of nitrogens with zero attached hydrogens (tertiary/aromatic N) is 1. The molecular weight excluding hydrogens is 319 g/mol. The van der Waals surface area contributed by atoms with E-state index >= 15 is 0 Å². The minimum absolute atomic E-state index is 0.0162. The Morgan fingerprint density at radius 3 is 2.88 bits per heavy atom. The lowest BCUT2D eigenvalue weighted by atomic mass is 10.1. The van der Waals surface area contributed by atoms with Crippen LogP contribution in [0.15, 0.2) is 48.5 Å². The molecule has 3 aromatic rings. The number of amides is 1. The number of aromatic amines is 1. The number of nitrogens with one attached hydrogen (secondary N) is 1. The van der Waals surface area contributed by atoms with Crippen LogP contribution in [0.2, 0.25) is 0 Å². The summed E-state index contributed by atoms with van der Waals surface area (Å²) in [5.74, 6) is -0.554. The second-order valence-corrected chi connectivity index (χ2v) is 6.25. The van der Waals surface area contributed by atoms with Crippen LogP contribution >= 0.6 is 0 Å². The van der Waals surface area contributed by atoms with E-state index in [4.69, 9.17) is 0 Å². The van der Waals surface area contributed by atoms with Crippen LogP contribution < -0.4 is 4.90 Å². The molecule has 5 heteroatoms. The molecule has 0 unspecified atom stereocenters. The van der Waals surface area contributed by atoms with Gasteiger partial charge >= 0.3 is 0 Å². The van der Waals surface area contributed by atoms with Crippen molar-refractivity contribution in [3.05, 3.63) is 71.0 Å². The fraction of sp³-hybridized carbons (Fsp3) is 0.150. The third-order valence-corrected chi connectivity index (χ3v) is 4.57. The first-order valence-electron chi connectivity index (χ1n) is 8.13. The predicted octanol–water partition coefficient (Wildman–Crippen LogP) is 4.10. The van der Waals surface area contributed by atoms with Crippen LogP contribution in [0.4, 0.5) is 10.2 Å². The number of carbonyl (C=O) groups excluding carboxylic acids is 1. The number of aliphatic hydroxyl groups excluding tert-OH is 1. The molecule has 25 heavy (non-hydrogen) atoms. The number of benzene rings is 2. The molecule has 1 aromatic heterocycles. The zero-order chi connectivity index (χ0) is 17.6. The molecule has 1 aliphatic heterocycles. The van der Waals surface area contributed by atoms with Crippen LogP contribution in [0.3, 0.4) is 0 Å². The van der Waals surface area contributed by atoms with Crippen molar-refractivity contribution in [1.29, 1.82) is 0 Å². The molecule has 0 spiro atoms. The number of hydrogen-bond donors (Lipinski definition) is 2. The minimum atomic E-state index is -0.563. The van der Waals surface area contributed by atoms with E-state index < -0.39 is 5.82 Å². The first kappa shape index (κ1) is 15.4. The van der Waals surface area contributed by atoms with Crippen molar-refractivity contribution < 1.29 is 14.3 Å². The SMILES string of the molecule is Cc1ccc2[nH]c3c(c2c1)CCN3C(=O)/C=C(\O)c1ccccc1F. The lowest BCUT2D eigenvalue weighted by Crippen LogP contribution is -2.27. The average molecular weight is 336 g/mol. The summed E-state index contributed by atoms with van der Waals surface area (Å²) < 4.78 is 13.8. The Morgan fingerprint density at radius 1 is 1.28 bits per heavy atom. The van der Waals surface area contributed by atoms with Gasteiger partial charge in [0.05, 0.1) is 5.56 Å². The van der Waals surface area contributed by atoms with Gasteiger partial charge in [-0.2, -0.15) is 0 Å². The lowest BCUT2D eigenvalue weighted by molar-refractivity contribution is -0.114. The van der Waals surface area contributed by atoms with Gasteiger partial charge in [0, 0.05) is 29.1 Å². The summed E-state index contributed by atoms with van der Waals surface area (Å²) in [5.41, 5.74) is 3.26. The zero-order valence-electron chi connectivity index (χ0n) is 13.7. The number of hydrogen-bond acceptors (Lipinski definition) is 2. The number of anilines is 1. The molecule has 0 radical (unpaired) electrons. The maximum absolute atomic E-state index is 13.8. The van der Waals surface area contributed by atoms with Crippen molar-refractivity contribution in [2.24, 2.45) is 0 Å². The second-order valence-electron chi connectivity index (χ2n) is 6.25. The Hall–Kier alpha value is -3.08. The monoisotopic (exact) mass is 336 g/mol. The molecule has 0 atom stereocenters. The lowest BCUT2D eigenvalue weighted by Gasteiger charge is -2.14. The summed E-state index contributed by atoms with van der Waals surface area (Å²) in [7, 11) is 0. The molecule has 0 fully saturated rings. The number of carbonyl (C=O) groups is 1. The van der Waals surface area contributed by atoms with Crippen molar-refractivity contribution in [2.75, 3.05) is 11.4 Å². The number of H-pyrrole nitrogens is 1. The van der Waals surface area contributed by atoms with Gasteiger partial charge in [-0.05, 0) is 37.6 Å². The van der Waals surface area contributed by atoms with E-state index in [0.29, 0.717) is 6.54 Å². The molecule has 1 amide bonds. The van der Waals surface area contributed by atoms with E-state index in [2.05, 4.69) is 11.1 Å². The molecule has 0 saturated heterocycles. The predicted molar refractivity (Wildman–Crippen MR) is 96.1 cm³/mol. The quantitative estimate of drug-likeness (QED) is 0.547. The Bertz CT molecular complexity index is 1020. The summed E-state index contributed by atoms with van der Waals surface area (Å²) in [6, 6.07) is 12.0. The van der Waals surface area contributed by atoms with Crippen molar-refractivity contribution in [2.45, 2.75) is 13.3 Å². The van der Waals surface area contributed by atoms with Crippen LogP contribution in [0.1, 0.15) is 16.7 Å². The molecule has 2 heterocycles. The van der Waals surface area contributed by atoms with Crippen molar-refractivity contribution >= 4 is 28.4 Å². The van der Waals surface area contributed by atoms with Gasteiger partial charge in [0.1, 0.15) is 17.4 Å². The van der Waals surface area contributed by atoms with Gasteiger partial charge in [-0.15, -0.1) is 0 Å². The standard InChI is InChI=1S/C20H17FN2O2/c1-12-6-7-17-15(10-12)13-8-9-23(20(13)22-17)19(25)11-18(24)14-4-2-3-5-16(14)21/h2-7,10-11,22,24H,8-9H2,1H3/b18-11-. The zero-order valence-corrected chi connectivity index (χ0v) is 13.7. The van der Waals surface area contributed by atoms with Crippen LogP contribution in [-0.4, -0.2) is 22.5 Å². The highest BCUT2D eigenvalue weighted by molar-refractivity contribution is 6.07. The number of aryl methyl sites for hydroxylation is 1. The molecule has 4 rings (SSSR count). The first-order chi connectivity index (χ1) is 12.0. The van der Waals surface area contributed by atoms with Crippen LogP contribution in [0, 0.1) is 12.7 Å². The van der Waals surface area contributed by atoms with E-state index in [1.165, 1.54) is 18.2 Å². The van der Waals surface area contributed by atoms with Crippen molar-refractivity contribution in [1.82, 2.24) is 4.98 Å². The summed E-state index contributed by atoms with van der Waals surface area (Å²) >= 11 is 0. The number of aromatic nitrogens is 1. The summed E-state index contributed by atoms with van der Waals surface area (Å²) in [5, 5.41) is 11.2. The fourth-order valence-corrected chi connectivity index (χ4v) is 3.33. The Labute approximate surface area is 144 Å². The molecule has 0 bridgehead atoms. The average Bonchev–Trinajstić information content (AvgIpc) is 3.14. The van der Waals surface area contributed by atoms with Crippen LogP contribution in [-0.2, 0) is 11.2 Å². The first-order valence-corrected chi connectivity index (χ1v) is 8.13. The van der Waals surface area contributed by atoms with E-state index in [9.17, 15) is 14.3 Å². The highest BCUT2D eigenvalue weighted by Gasteiger charge is 2.28. The van der Waals surface area contributed by atoms with Gasteiger partial charge < -0.3 is 10.1 Å². The number of halogens is 1. The number of rotatable bonds is 2. The molecular formula is C20H17FN2O2. The maximum Gasteiger partial charge on any atom is 0.255 e. The van der Waals surface area contributed by atoms with E-state index in [1.54, 1.807) is 11.0 Å². The third kappa shape index (κ3) is 2.58.